The molecule has 0 saturated carbocycles. The van der Waals surface area contributed by atoms with E-state index in [0.29, 0.717) is 11.4 Å². The lowest BCUT2D eigenvalue weighted by molar-refractivity contribution is -0.115. The third-order valence-electron chi connectivity index (χ3n) is 3.92. The molecular weight excluding hydrogens is 284 g/mol. The van der Waals surface area contributed by atoms with Crippen molar-refractivity contribution in [1.29, 1.82) is 0 Å². The van der Waals surface area contributed by atoms with Crippen molar-refractivity contribution in [1.82, 2.24) is 0 Å². The second-order valence-corrected chi connectivity index (χ2v) is 5.85. The van der Waals surface area contributed by atoms with Crippen LogP contribution >= 0.6 is 11.6 Å². The van der Waals surface area contributed by atoms with Crippen LogP contribution in [0, 0.1) is 13.8 Å². The van der Waals surface area contributed by atoms with Crippen LogP contribution in [0.5, 0.6) is 0 Å². The highest BCUT2D eigenvalue weighted by Gasteiger charge is 2.19. The Kier molecular flexibility index (Phi) is 3.60. The standard InChI is InChI=1S/C17H17ClN2O/c1-10-4-3-5-11(2)13(10)9-19-16-6-12-7-17(21)20-15(12)8-14(16)18/h3-6,8,19H,7,9H2,1-2H3,(H,20,21). The van der Waals surface area contributed by atoms with E-state index in [-0.39, 0.29) is 5.91 Å². The van der Waals surface area contributed by atoms with Crippen LogP contribution < -0.4 is 10.6 Å². The van der Waals surface area contributed by atoms with Crippen LogP contribution in [0.1, 0.15) is 22.3 Å². The van der Waals surface area contributed by atoms with Gasteiger partial charge in [0.15, 0.2) is 0 Å². The van der Waals surface area contributed by atoms with E-state index in [1.54, 1.807) is 0 Å². The molecule has 0 saturated heterocycles. The van der Waals surface area contributed by atoms with Crippen molar-refractivity contribution in [3.05, 3.63) is 57.6 Å². The van der Waals surface area contributed by atoms with Gasteiger partial charge in [0.2, 0.25) is 5.91 Å². The fraction of sp³-hybridized carbons (Fsp3) is 0.235. The lowest BCUT2D eigenvalue weighted by atomic mass is 10.0. The zero-order chi connectivity index (χ0) is 15.0. The van der Waals surface area contributed by atoms with Gasteiger partial charge in [0.25, 0.3) is 0 Å². The third kappa shape index (κ3) is 2.74. The van der Waals surface area contributed by atoms with E-state index in [0.717, 1.165) is 23.5 Å². The molecule has 1 heterocycles. The molecule has 1 amide bonds. The van der Waals surface area contributed by atoms with E-state index >= 15 is 0 Å². The van der Waals surface area contributed by atoms with Crippen molar-refractivity contribution in [3.63, 3.8) is 0 Å². The molecule has 108 valence electrons. The summed E-state index contributed by atoms with van der Waals surface area (Å²) in [7, 11) is 0. The van der Waals surface area contributed by atoms with E-state index < -0.39 is 0 Å². The third-order valence-corrected chi connectivity index (χ3v) is 4.23. The number of fused-ring (bicyclic) bond motifs is 1. The summed E-state index contributed by atoms with van der Waals surface area (Å²) in [6.07, 6.45) is 0.421. The van der Waals surface area contributed by atoms with Gasteiger partial charge in [-0.05, 0) is 48.2 Å². The Morgan fingerprint density at radius 3 is 2.67 bits per heavy atom. The van der Waals surface area contributed by atoms with Gasteiger partial charge in [0.05, 0.1) is 17.1 Å². The van der Waals surface area contributed by atoms with Crippen molar-refractivity contribution >= 4 is 28.9 Å². The number of benzene rings is 2. The molecule has 3 nitrogen and oxygen atoms in total. The average molecular weight is 301 g/mol. The number of carbonyl (C=O) groups is 1. The summed E-state index contributed by atoms with van der Waals surface area (Å²) < 4.78 is 0. The molecule has 0 unspecified atom stereocenters. The number of carbonyl (C=O) groups excluding carboxylic acids is 1. The molecule has 4 heteroatoms. The van der Waals surface area contributed by atoms with Crippen LogP contribution in [0.3, 0.4) is 0 Å². The topological polar surface area (TPSA) is 41.1 Å². The number of halogens is 1. The second kappa shape index (κ2) is 5.41. The minimum Gasteiger partial charge on any atom is -0.380 e. The molecule has 0 aliphatic carbocycles. The molecule has 0 bridgehead atoms. The first-order valence-corrected chi connectivity index (χ1v) is 7.33. The van der Waals surface area contributed by atoms with E-state index in [4.69, 9.17) is 11.6 Å². The monoisotopic (exact) mass is 300 g/mol. The smallest absolute Gasteiger partial charge is 0.228 e. The predicted octanol–water partition coefficient (Wildman–Crippen LogP) is 4.06. The Hall–Kier alpha value is -2.00. The Labute approximate surface area is 129 Å². The van der Waals surface area contributed by atoms with Crippen molar-refractivity contribution in [2.24, 2.45) is 0 Å². The van der Waals surface area contributed by atoms with Gasteiger partial charge in [0, 0.05) is 12.2 Å². The Balaban J connectivity index is 1.83. The van der Waals surface area contributed by atoms with E-state index in [2.05, 4.69) is 42.7 Å². The molecular formula is C17H17ClN2O. The molecule has 21 heavy (non-hydrogen) atoms. The van der Waals surface area contributed by atoms with E-state index in [1.165, 1.54) is 16.7 Å². The fourth-order valence-corrected chi connectivity index (χ4v) is 2.93. The molecule has 2 aromatic rings. The Morgan fingerprint density at radius 1 is 1.24 bits per heavy atom. The summed E-state index contributed by atoms with van der Waals surface area (Å²) in [5.74, 6) is 0.0213. The molecule has 1 aliphatic rings. The maximum atomic E-state index is 11.4. The average Bonchev–Trinajstić information content (AvgIpc) is 2.77. The van der Waals surface area contributed by atoms with E-state index in [9.17, 15) is 4.79 Å². The highest BCUT2D eigenvalue weighted by atomic mass is 35.5. The Morgan fingerprint density at radius 2 is 1.95 bits per heavy atom. The molecule has 0 radical (unpaired) electrons. The molecule has 1 aliphatic heterocycles. The van der Waals surface area contributed by atoms with Gasteiger partial charge in [-0.3, -0.25) is 4.79 Å². The fourth-order valence-electron chi connectivity index (χ4n) is 2.69. The van der Waals surface area contributed by atoms with Gasteiger partial charge in [-0.25, -0.2) is 0 Å². The number of aryl methyl sites for hydroxylation is 2. The van der Waals surface area contributed by atoms with Gasteiger partial charge in [0.1, 0.15) is 0 Å². The molecule has 2 aromatic carbocycles. The summed E-state index contributed by atoms with van der Waals surface area (Å²) in [4.78, 5) is 11.4. The van der Waals surface area contributed by atoms with Crippen LogP contribution in [0.25, 0.3) is 0 Å². The van der Waals surface area contributed by atoms with Crippen molar-refractivity contribution < 1.29 is 4.79 Å². The quantitative estimate of drug-likeness (QED) is 0.897. The van der Waals surface area contributed by atoms with E-state index in [1.807, 2.05) is 12.1 Å². The van der Waals surface area contributed by atoms with Crippen LogP contribution in [0.2, 0.25) is 5.02 Å². The number of anilines is 2. The normalized spacial score (nSPS) is 13.0. The lowest BCUT2D eigenvalue weighted by Crippen LogP contribution is -2.04. The first-order valence-electron chi connectivity index (χ1n) is 6.96. The van der Waals surface area contributed by atoms with Crippen LogP contribution in [-0.2, 0) is 17.8 Å². The number of hydrogen-bond acceptors (Lipinski definition) is 2. The van der Waals surface area contributed by atoms with Crippen LogP contribution in [0.4, 0.5) is 11.4 Å². The number of amides is 1. The molecule has 2 N–H and O–H groups in total. The van der Waals surface area contributed by atoms with Crippen molar-refractivity contribution in [2.75, 3.05) is 10.6 Å². The maximum Gasteiger partial charge on any atom is 0.228 e. The van der Waals surface area contributed by atoms with Gasteiger partial charge in [-0.15, -0.1) is 0 Å². The molecule has 0 aromatic heterocycles. The van der Waals surface area contributed by atoms with Gasteiger partial charge >= 0.3 is 0 Å². The predicted molar refractivity (Wildman–Crippen MR) is 87.0 cm³/mol. The highest BCUT2D eigenvalue weighted by Crippen LogP contribution is 2.33. The second-order valence-electron chi connectivity index (χ2n) is 5.44. The largest absolute Gasteiger partial charge is 0.380 e. The molecule has 0 spiro atoms. The summed E-state index contributed by atoms with van der Waals surface area (Å²) in [5.41, 5.74) is 6.49. The molecule has 0 atom stereocenters. The van der Waals surface area contributed by atoms with Gasteiger partial charge in [-0.1, -0.05) is 29.8 Å². The minimum atomic E-state index is 0.0213. The summed E-state index contributed by atoms with van der Waals surface area (Å²) in [6.45, 7) is 4.94. The molecule has 3 rings (SSSR count). The van der Waals surface area contributed by atoms with Crippen LogP contribution in [0.15, 0.2) is 30.3 Å². The number of rotatable bonds is 3. The first-order chi connectivity index (χ1) is 10.0. The minimum absolute atomic E-state index is 0.0213. The van der Waals surface area contributed by atoms with Gasteiger partial charge < -0.3 is 10.6 Å². The molecule has 0 fully saturated rings. The lowest BCUT2D eigenvalue weighted by Gasteiger charge is -2.14. The highest BCUT2D eigenvalue weighted by molar-refractivity contribution is 6.33. The Bertz CT molecular complexity index is 705. The summed E-state index contributed by atoms with van der Waals surface area (Å²) >= 11 is 6.29. The van der Waals surface area contributed by atoms with Crippen LogP contribution in [-0.4, -0.2) is 5.91 Å². The summed E-state index contributed by atoms with van der Waals surface area (Å²) in [5, 5.41) is 6.82. The SMILES string of the molecule is Cc1cccc(C)c1CNc1cc2c(cc1Cl)NC(=O)C2. The summed E-state index contributed by atoms with van der Waals surface area (Å²) in [6, 6.07) is 10.1. The van der Waals surface area contributed by atoms with Gasteiger partial charge in [-0.2, -0.15) is 0 Å². The van der Waals surface area contributed by atoms with Crippen molar-refractivity contribution in [3.8, 4) is 0 Å². The zero-order valence-electron chi connectivity index (χ0n) is 12.1. The number of hydrogen-bond donors (Lipinski definition) is 2. The zero-order valence-corrected chi connectivity index (χ0v) is 12.8. The maximum absolute atomic E-state index is 11.4. The first kappa shape index (κ1) is 14.0. The number of nitrogens with one attached hydrogen (secondary N) is 2. The van der Waals surface area contributed by atoms with Crippen molar-refractivity contribution in [2.45, 2.75) is 26.8 Å².